The van der Waals surface area contributed by atoms with Gasteiger partial charge in [-0.05, 0) is 38.2 Å². The van der Waals surface area contributed by atoms with Crippen LogP contribution in [0.3, 0.4) is 0 Å². The molecule has 130 valence electrons. The quantitative estimate of drug-likeness (QED) is 0.743. The average molecular weight is 336 g/mol. The lowest BCUT2D eigenvalue weighted by molar-refractivity contribution is 0.0579. The largest absolute Gasteiger partial charge is 0.351 e. The van der Waals surface area contributed by atoms with Crippen LogP contribution in [0.15, 0.2) is 65.7 Å². The molecular formula is C21H24N2O2. The Morgan fingerprint density at radius 2 is 2.16 bits per heavy atom. The summed E-state index contributed by atoms with van der Waals surface area (Å²) in [5.41, 5.74) is 2.06. The second kappa shape index (κ2) is 7.97. The number of carbonyl (C=O) groups excluding carboxylic acids is 1. The van der Waals surface area contributed by atoms with E-state index >= 15 is 0 Å². The fraction of sp³-hybridized carbons (Fsp3) is 0.333. The molecule has 0 N–H and O–H groups in total. The van der Waals surface area contributed by atoms with Crippen LogP contribution in [0.4, 0.5) is 0 Å². The molecule has 1 aliphatic rings. The van der Waals surface area contributed by atoms with Gasteiger partial charge in [0.25, 0.3) is 5.91 Å². The molecular weight excluding hydrogens is 312 g/mol. The van der Waals surface area contributed by atoms with Crippen molar-refractivity contribution in [1.29, 1.82) is 0 Å². The van der Waals surface area contributed by atoms with Crippen LogP contribution in [0.2, 0.25) is 0 Å². The third kappa shape index (κ3) is 4.08. The lowest BCUT2D eigenvalue weighted by Gasteiger charge is -2.36. The van der Waals surface area contributed by atoms with Crippen LogP contribution >= 0.6 is 0 Å². The SMILES string of the molecule is C=CC[C@@H]1CC=C[C@@H](C)N1C(=O)c1cc(CCc2ccccc2)no1. The molecule has 0 aliphatic carbocycles. The van der Waals surface area contributed by atoms with Crippen molar-refractivity contribution < 1.29 is 9.32 Å². The molecule has 0 saturated carbocycles. The topological polar surface area (TPSA) is 46.3 Å². The molecule has 0 spiro atoms. The van der Waals surface area contributed by atoms with Crippen LogP contribution in [0, 0.1) is 0 Å². The number of hydrogen-bond donors (Lipinski definition) is 0. The maximum absolute atomic E-state index is 12.9. The third-order valence-corrected chi connectivity index (χ3v) is 4.61. The van der Waals surface area contributed by atoms with E-state index in [2.05, 4.69) is 36.0 Å². The molecule has 1 aromatic carbocycles. The third-order valence-electron chi connectivity index (χ3n) is 4.61. The Labute approximate surface area is 148 Å². The Bertz CT molecular complexity index is 748. The summed E-state index contributed by atoms with van der Waals surface area (Å²) in [6.45, 7) is 5.83. The molecule has 2 aromatic rings. The number of benzene rings is 1. The fourth-order valence-electron chi connectivity index (χ4n) is 3.30. The Morgan fingerprint density at radius 1 is 1.36 bits per heavy atom. The zero-order valence-electron chi connectivity index (χ0n) is 14.6. The van der Waals surface area contributed by atoms with E-state index in [9.17, 15) is 4.79 Å². The molecule has 1 aliphatic heterocycles. The first kappa shape index (κ1) is 17.2. The van der Waals surface area contributed by atoms with Crippen molar-refractivity contribution in [1.82, 2.24) is 10.1 Å². The molecule has 0 bridgehead atoms. The molecule has 25 heavy (non-hydrogen) atoms. The summed E-state index contributed by atoms with van der Waals surface area (Å²) < 4.78 is 5.35. The summed E-state index contributed by atoms with van der Waals surface area (Å²) in [6.07, 6.45) is 9.31. The summed E-state index contributed by atoms with van der Waals surface area (Å²) in [7, 11) is 0. The van der Waals surface area contributed by atoms with E-state index in [-0.39, 0.29) is 18.0 Å². The number of carbonyl (C=O) groups is 1. The van der Waals surface area contributed by atoms with Crippen molar-refractivity contribution in [3.8, 4) is 0 Å². The molecule has 0 radical (unpaired) electrons. The maximum atomic E-state index is 12.9. The van der Waals surface area contributed by atoms with Crippen LogP contribution in [-0.2, 0) is 12.8 Å². The fourth-order valence-corrected chi connectivity index (χ4v) is 3.30. The molecule has 0 unspecified atom stereocenters. The zero-order chi connectivity index (χ0) is 17.6. The predicted molar refractivity (Wildman–Crippen MR) is 98.3 cm³/mol. The standard InChI is InChI=1S/C21H24N2O2/c1-3-8-19-12-7-9-16(2)23(19)21(24)20-15-18(22-25-20)14-13-17-10-5-4-6-11-17/h3-7,9-11,15-16,19H,1,8,12-14H2,2H3/t16-,19-/m1/s1. The summed E-state index contributed by atoms with van der Waals surface area (Å²) >= 11 is 0. The van der Waals surface area contributed by atoms with Crippen molar-refractivity contribution in [3.63, 3.8) is 0 Å². The second-order valence-corrected chi connectivity index (χ2v) is 6.46. The number of rotatable bonds is 6. The highest BCUT2D eigenvalue weighted by Crippen LogP contribution is 2.23. The monoisotopic (exact) mass is 336 g/mol. The van der Waals surface area contributed by atoms with Crippen LogP contribution < -0.4 is 0 Å². The van der Waals surface area contributed by atoms with Crippen molar-refractivity contribution in [2.24, 2.45) is 0 Å². The Kier molecular flexibility index (Phi) is 5.49. The summed E-state index contributed by atoms with van der Waals surface area (Å²) in [4.78, 5) is 14.8. The summed E-state index contributed by atoms with van der Waals surface area (Å²) in [5, 5.41) is 4.08. The van der Waals surface area contributed by atoms with Gasteiger partial charge in [0.1, 0.15) is 0 Å². The normalized spacial score (nSPS) is 19.8. The maximum Gasteiger partial charge on any atom is 0.293 e. The van der Waals surface area contributed by atoms with E-state index in [0.717, 1.165) is 31.4 Å². The minimum atomic E-state index is -0.0952. The van der Waals surface area contributed by atoms with Gasteiger partial charge in [0, 0.05) is 18.2 Å². The summed E-state index contributed by atoms with van der Waals surface area (Å²) in [5.74, 6) is 0.224. The van der Waals surface area contributed by atoms with Crippen LogP contribution in [0.25, 0.3) is 0 Å². The van der Waals surface area contributed by atoms with E-state index in [4.69, 9.17) is 4.52 Å². The predicted octanol–water partition coefficient (Wildman–Crippen LogP) is 4.20. The molecule has 4 heteroatoms. The lowest BCUT2D eigenvalue weighted by atomic mass is 10.00. The van der Waals surface area contributed by atoms with E-state index in [1.165, 1.54) is 5.56 Å². The number of aryl methyl sites for hydroxylation is 2. The molecule has 1 amide bonds. The van der Waals surface area contributed by atoms with Gasteiger partial charge in [-0.3, -0.25) is 4.79 Å². The van der Waals surface area contributed by atoms with E-state index in [0.29, 0.717) is 5.76 Å². The van der Waals surface area contributed by atoms with Gasteiger partial charge in [0.2, 0.25) is 5.76 Å². The molecule has 2 atom stereocenters. The zero-order valence-corrected chi connectivity index (χ0v) is 14.6. The van der Waals surface area contributed by atoms with Crippen LogP contribution in [0.5, 0.6) is 0 Å². The van der Waals surface area contributed by atoms with Crippen LogP contribution in [0.1, 0.15) is 41.6 Å². The highest BCUT2D eigenvalue weighted by atomic mass is 16.5. The van der Waals surface area contributed by atoms with Gasteiger partial charge in [-0.25, -0.2) is 0 Å². The summed E-state index contributed by atoms with van der Waals surface area (Å²) in [6, 6.07) is 12.2. The number of aromatic nitrogens is 1. The lowest BCUT2D eigenvalue weighted by Crippen LogP contribution is -2.46. The highest BCUT2D eigenvalue weighted by molar-refractivity contribution is 5.92. The van der Waals surface area contributed by atoms with Crippen molar-refractivity contribution in [2.75, 3.05) is 0 Å². The number of nitrogens with zero attached hydrogens (tertiary/aromatic N) is 2. The average Bonchev–Trinajstić information content (AvgIpc) is 3.10. The highest BCUT2D eigenvalue weighted by Gasteiger charge is 2.31. The Balaban J connectivity index is 1.69. The van der Waals surface area contributed by atoms with Crippen LogP contribution in [-0.4, -0.2) is 28.0 Å². The minimum absolute atomic E-state index is 0.0454. The van der Waals surface area contributed by atoms with Gasteiger partial charge >= 0.3 is 0 Å². The van der Waals surface area contributed by atoms with Gasteiger partial charge in [-0.2, -0.15) is 0 Å². The van der Waals surface area contributed by atoms with Gasteiger partial charge in [-0.15, -0.1) is 6.58 Å². The Hall–Kier alpha value is -2.62. The molecule has 0 saturated heterocycles. The van der Waals surface area contributed by atoms with E-state index in [1.807, 2.05) is 36.1 Å². The van der Waals surface area contributed by atoms with E-state index < -0.39 is 0 Å². The molecule has 3 rings (SSSR count). The first-order chi connectivity index (χ1) is 12.2. The molecule has 2 heterocycles. The first-order valence-corrected chi connectivity index (χ1v) is 8.78. The number of amides is 1. The van der Waals surface area contributed by atoms with Crippen molar-refractivity contribution >= 4 is 5.91 Å². The Morgan fingerprint density at radius 3 is 2.92 bits per heavy atom. The van der Waals surface area contributed by atoms with Gasteiger partial charge < -0.3 is 9.42 Å². The second-order valence-electron chi connectivity index (χ2n) is 6.46. The molecule has 4 nitrogen and oxygen atoms in total. The first-order valence-electron chi connectivity index (χ1n) is 8.78. The smallest absolute Gasteiger partial charge is 0.293 e. The van der Waals surface area contributed by atoms with Gasteiger partial charge in [0.15, 0.2) is 0 Å². The van der Waals surface area contributed by atoms with Gasteiger partial charge in [-0.1, -0.05) is 53.7 Å². The number of hydrogen-bond acceptors (Lipinski definition) is 3. The molecule has 0 fully saturated rings. The minimum Gasteiger partial charge on any atom is -0.351 e. The van der Waals surface area contributed by atoms with Gasteiger partial charge in [0.05, 0.1) is 5.69 Å². The van der Waals surface area contributed by atoms with E-state index in [1.54, 1.807) is 6.07 Å². The molecule has 1 aromatic heterocycles. The van der Waals surface area contributed by atoms with Crippen molar-refractivity contribution in [3.05, 3.63) is 78.2 Å². The van der Waals surface area contributed by atoms with Crippen molar-refractivity contribution in [2.45, 2.75) is 44.7 Å².